The van der Waals surface area contributed by atoms with Crippen LogP contribution in [0, 0.1) is 5.82 Å². The summed E-state index contributed by atoms with van der Waals surface area (Å²) in [5.74, 6) is -0.340. The summed E-state index contributed by atoms with van der Waals surface area (Å²) in [5.41, 5.74) is 0.653. The first kappa shape index (κ1) is 7.47. The quantitative estimate of drug-likeness (QED) is 0.709. The van der Waals surface area contributed by atoms with Crippen LogP contribution in [0.25, 0.3) is 0 Å². The molecule has 2 nitrogen and oxygen atoms in total. The second kappa shape index (κ2) is 2.96. The Morgan fingerprint density at radius 3 is 2.90 bits per heavy atom. The molecule has 0 bridgehead atoms. The highest BCUT2D eigenvalue weighted by Gasteiger charge is 1.98. The largest absolute Gasteiger partial charge is 0.386 e. The molecule has 1 rings (SSSR count). The van der Waals surface area contributed by atoms with Crippen LogP contribution in [-0.4, -0.2) is 12.0 Å². The lowest BCUT2D eigenvalue weighted by atomic mass is 10.4. The lowest BCUT2D eigenvalue weighted by Gasteiger charge is -2.00. The molecule has 0 radical (unpaired) electrons. The lowest BCUT2D eigenvalue weighted by molar-refractivity contribution is 0.621. The highest BCUT2D eigenvalue weighted by Crippen LogP contribution is 2.18. The minimum absolute atomic E-state index is 0.340. The van der Waals surface area contributed by atoms with Gasteiger partial charge in [0.05, 0.1) is 11.9 Å². The average Bonchev–Trinajstić information content (AvgIpc) is 1.94. The Kier molecular flexibility index (Phi) is 2.21. The van der Waals surface area contributed by atoms with Gasteiger partial charge in [-0.15, -0.1) is 0 Å². The lowest BCUT2D eigenvalue weighted by Crippen LogP contribution is -1.92. The molecule has 0 aliphatic rings. The Labute approximate surface area is 66.6 Å². The fourth-order valence-corrected chi connectivity index (χ4v) is 1.01. The van der Waals surface area contributed by atoms with E-state index in [1.165, 1.54) is 6.07 Å². The van der Waals surface area contributed by atoms with Crippen molar-refractivity contribution in [2.24, 2.45) is 0 Å². The predicted molar refractivity (Wildman–Crippen MR) is 41.4 cm³/mol. The van der Waals surface area contributed by atoms with E-state index in [1.54, 1.807) is 7.05 Å². The van der Waals surface area contributed by atoms with E-state index in [-0.39, 0.29) is 5.82 Å². The number of nitrogens with zero attached hydrogens (tertiary/aromatic N) is 1. The van der Waals surface area contributed by atoms with Crippen molar-refractivity contribution in [2.45, 2.75) is 0 Å². The van der Waals surface area contributed by atoms with Gasteiger partial charge in [0.2, 0.25) is 0 Å². The van der Waals surface area contributed by atoms with Gasteiger partial charge in [0, 0.05) is 13.1 Å². The number of hydrogen-bond acceptors (Lipinski definition) is 2. The van der Waals surface area contributed by atoms with Gasteiger partial charge in [-0.1, -0.05) is 0 Å². The van der Waals surface area contributed by atoms with Crippen molar-refractivity contribution in [3.63, 3.8) is 0 Å². The van der Waals surface area contributed by atoms with E-state index in [0.717, 1.165) is 6.20 Å². The van der Waals surface area contributed by atoms with Gasteiger partial charge < -0.3 is 5.32 Å². The van der Waals surface area contributed by atoms with Gasteiger partial charge in [0.15, 0.2) is 0 Å². The summed E-state index contributed by atoms with van der Waals surface area (Å²) in [5, 5.41) is 2.79. The van der Waals surface area contributed by atoms with E-state index in [9.17, 15) is 4.39 Å². The van der Waals surface area contributed by atoms with E-state index in [4.69, 9.17) is 0 Å². The molecule has 0 aliphatic carbocycles. The second-order valence-electron chi connectivity index (χ2n) is 1.74. The van der Waals surface area contributed by atoms with E-state index in [2.05, 4.69) is 26.2 Å². The summed E-state index contributed by atoms with van der Waals surface area (Å²) < 4.78 is 13.0. The van der Waals surface area contributed by atoms with Crippen LogP contribution in [0.15, 0.2) is 16.9 Å². The summed E-state index contributed by atoms with van der Waals surface area (Å²) in [6.07, 6.45) is 1.16. The molecule has 0 amide bonds. The number of hydrogen-bond donors (Lipinski definition) is 1. The topological polar surface area (TPSA) is 24.9 Å². The van der Waals surface area contributed by atoms with Gasteiger partial charge in [-0.25, -0.2) is 9.37 Å². The van der Waals surface area contributed by atoms with Gasteiger partial charge in [-0.05, 0) is 15.9 Å². The Balaban J connectivity index is 3.09. The maximum Gasteiger partial charge on any atom is 0.143 e. The van der Waals surface area contributed by atoms with Crippen molar-refractivity contribution in [2.75, 3.05) is 12.4 Å². The number of aromatic nitrogens is 1. The van der Waals surface area contributed by atoms with Crippen LogP contribution in [0.4, 0.5) is 10.1 Å². The van der Waals surface area contributed by atoms with Crippen LogP contribution >= 0.6 is 15.9 Å². The van der Waals surface area contributed by atoms with Crippen molar-refractivity contribution in [3.05, 3.63) is 22.7 Å². The zero-order valence-electron chi connectivity index (χ0n) is 5.36. The molecule has 1 aromatic heterocycles. The minimum Gasteiger partial charge on any atom is -0.386 e. The van der Waals surface area contributed by atoms with E-state index < -0.39 is 0 Å². The molecule has 0 unspecified atom stereocenters. The Hall–Kier alpha value is -0.640. The van der Waals surface area contributed by atoms with Gasteiger partial charge in [0.1, 0.15) is 10.4 Å². The van der Waals surface area contributed by atoms with Crippen molar-refractivity contribution < 1.29 is 4.39 Å². The maximum absolute atomic E-state index is 12.4. The Morgan fingerprint density at radius 2 is 2.40 bits per heavy atom. The SMILES string of the molecule is CNc1cc(F)cnc1Br. The normalized spacial score (nSPS) is 9.50. The maximum atomic E-state index is 12.4. The summed E-state index contributed by atoms with van der Waals surface area (Å²) in [6, 6.07) is 1.37. The van der Waals surface area contributed by atoms with Crippen LogP contribution in [-0.2, 0) is 0 Å². The first-order valence-corrected chi connectivity index (χ1v) is 3.52. The number of rotatable bonds is 1. The number of nitrogens with one attached hydrogen (secondary N) is 1. The van der Waals surface area contributed by atoms with E-state index >= 15 is 0 Å². The highest BCUT2D eigenvalue weighted by molar-refractivity contribution is 9.10. The molecule has 0 aliphatic heterocycles. The van der Waals surface area contributed by atoms with Crippen LogP contribution in [0.5, 0.6) is 0 Å². The summed E-state index contributed by atoms with van der Waals surface area (Å²) >= 11 is 3.15. The monoisotopic (exact) mass is 204 g/mol. The molecule has 1 aromatic rings. The molecule has 10 heavy (non-hydrogen) atoms. The summed E-state index contributed by atoms with van der Waals surface area (Å²) in [4.78, 5) is 3.73. The highest BCUT2D eigenvalue weighted by atomic mass is 79.9. The van der Waals surface area contributed by atoms with E-state index in [0.29, 0.717) is 10.3 Å². The standard InChI is InChI=1S/C6H6BrFN2/c1-9-5-2-4(8)3-10-6(5)7/h2-3,9H,1H3. The fourth-order valence-electron chi connectivity index (χ4n) is 0.598. The number of halogens is 2. The predicted octanol–water partition coefficient (Wildman–Crippen LogP) is 2.02. The molecule has 1 heterocycles. The summed E-state index contributed by atoms with van der Waals surface area (Å²) in [6.45, 7) is 0. The van der Waals surface area contributed by atoms with E-state index in [1.807, 2.05) is 0 Å². The van der Waals surface area contributed by atoms with Gasteiger partial charge in [0.25, 0.3) is 0 Å². The number of pyridine rings is 1. The molecule has 0 aromatic carbocycles. The third-order valence-corrected chi connectivity index (χ3v) is 1.71. The van der Waals surface area contributed by atoms with Crippen LogP contribution in [0.3, 0.4) is 0 Å². The Bertz CT molecular complexity index is 239. The van der Waals surface area contributed by atoms with Crippen LogP contribution in [0.1, 0.15) is 0 Å². The van der Waals surface area contributed by atoms with Crippen LogP contribution < -0.4 is 5.32 Å². The second-order valence-corrected chi connectivity index (χ2v) is 2.49. The van der Waals surface area contributed by atoms with Crippen molar-refractivity contribution >= 4 is 21.6 Å². The van der Waals surface area contributed by atoms with Crippen molar-refractivity contribution in [1.29, 1.82) is 0 Å². The third-order valence-electron chi connectivity index (χ3n) is 1.08. The molecule has 54 valence electrons. The van der Waals surface area contributed by atoms with Gasteiger partial charge >= 0.3 is 0 Å². The molecular formula is C6H6BrFN2. The first-order valence-electron chi connectivity index (χ1n) is 2.73. The molecule has 0 saturated carbocycles. The molecule has 0 fully saturated rings. The third kappa shape index (κ3) is 1.44. The van der Waals surface area contributed by atoms with Crippen LogP contribution in [0.2, 0.25) is 0 Å². The Morgan fingerprint density at radius 1 is 1.70 bits per heavy atom. The minimum atomic E-state index is -0.340. The molecule has 4 heteroatoms. The molecule has 0 spiro atoms. The first-order chi connectivity index (χ1) is 4.74. The molecule has 0 saturated heterocycles. The van der Waals surface area contributed by atoms with Crippen molar-refractivity contribution in [3.8, 4) is 0 Å². The van der Waals surface area contributed by atoms with Crippen molar-refractivity contribution in [1.82, 2.24) is 4.98 Å². The summed E-state index contributed by atoms with van der Waals surface area (Å²) in [7, 11) is 1.71. The fraction of sp³-hybridized carbons (Fsp3) is 0.167. The zero-order chi connectivity index (χ0) is 7.56. The molecule has 1 N–H and O–H groups in total. The smallest absolute Gasteiger partial charge is 0.143 e. The molecular weight excluding hydrogens is 199 g/mol. The zero-order valence-corrected chi connectivity index (χ0v) is 6.94. The van der Waals surface area contributed by atoms with Gasteiger partial charge in [-0.2, -0.15) is 0 Å². The molecule has 0 atom stereocenters. The number of anilines is 1. The van der Waals surface area contributed by atoms with Gasteiger partial charge in [-0.3, -0.25) is 0 Å². The average molecular weight is 205 g/mol.